The molecule has 2 amide bonds. The van der Waals surface area contributed by atoms with Crippen LogP contribution in [0.4, 0.5) is 4.79 Å². The van der Waals surface area contributed by atoms with Crippen LogP contribution in [-0.4, -0.2) is 36.2 Å². The Kier molecular flexibility index (Phi) is 7.48. The summed E-state index contributed by atoms with van der Waals surface area (Å²) in [5.74, 6) is -2.60. The highest BCUT2D eigenvalue weighted by molar-refractivity contribution is 6.37. The van der Waals surface area contributed by atoms with Crippen LogP contribution in [0.25, 0.3) is 0 Å². The van der Waals surface area contributed by atoms with Crippen LogP contribution in [0, 0.1) is 11.8 Å². The zero-order chi connectivity index (χ0) is 19.8. The van der Waals surface area contributed by atoms with E-state index < -0.39 is 29.7 Å². The predicted molar refractivity (Wildman–Crippen MR) is 95.2 cm³/mol. The van der Waals surface area contributed by atoms with E-state index >= 15 is 0 Å². The summed E-state index contributed by atoms with van der Waals surface area (Å²) >= 11 is 0. The molecule has 1 aliphatic rings. The third-order valence-corrected chi connectivity index (χ3v) is 4.09. The van der Waals surface area contributed by atoms with Gasteiger partial charge in [-0.15, -0.1) is 0 Å². The minimum absolute atomic E-state index is 0.0663. The Hall–Kier alpha value is -2.74. The zero-order valence-electron chi connectivity index (χ0n) is 15.4. The normalized spacial score (nSPS) is 18.0. The van der Waals surface area contributed by atoms with E-state index in [1.54, 1.807) is 0 Å². The van der Waals surface area contributed by atoms with Gasteiger partial charge in [-0.1, -0.05) is 44.2 Å². The molecule has 8 heteroatoms. The zero-order valence-corrected chi connectivity index (χ0v) is 15.4. The smallest absolute Gasteiger partial charge is 0.408 e. The Bertz CT molecular complexity index is 689. The van der Waals surface area contributed by atoms with Gasteiger partial charge >= 0.3 is 12.0 Å². The number of ketones is 2. The standard InChI is InChI=1S/C19H24N2O6/c1-12(2)8-15(16(22)9-14-11-27-21-18(24)17(14)23)20-19(25)26-10-13-6-4-3-5-7-13/h3-7,12,14-15H,8-11H2,1-2H3,(H,20,25)(H,21,24). The summed E-state index contributed by atoms with van der Waals surface area (Å²) in [7, 11) is 0. The molecular formula is C19H24N2O6. The lowest BCUT2D eigenvalue weighted by Crippen LogP contribution is -2.47. The highest BCUT2D eigenvalue weighted by Crippen LogP contribution is 2.15. The molecule has 27 heavy (non-hydrogen) atoms. The quantitative estimate of drug-likeness (QED) is 0.666. The van der Waals surface area contributed by atoms with E-state index in [-0.39, 0.29) is 31.3 Å². The number of hydrogen-bond acceptors (Lipinski definition) is 6. The lowest BCUT2D eigenvalue weighted by molar-refractivity contribution is -0.158. The second-order valence-electron chi connectivity index (χ2n) is 6.86. The second-order valence-corrected chi connectivity index (χ2v) is 6.86. The van der Waals surface area contributed by atoms with Crippen molar-refractivity contribution < 1.29 is 28.8 Å². The molecule has 8 nitrogen and oxygen atoms in total. The molecule has 0 bridgehead atoms. The van der Waals surface area contributed by atoms with Crippen molar-refractivity contribution >= 4 is 23.6 Å². The topological polar surface area (TPSA) is 111 Å². The maximum atomic E-state index is 12.6. The molecule has 1 aromatic rings. The number of nitrogens with one attached hydrogen (secondary N) is 2. The van der Waals surface area contributed by atoms with Gasteiger partial charge in [-0.05, 0) is 17.9 Å². The van der Waals surface area contributed by atoms with Crippen molar-refractivity contribution in [3.63, 3.8) is 0 Å². The molecule has 0 aliphatic carbocycles. The van der Waals surface area contributed by atoms with Crippen LogP contribution >= 0.6 is 0 Å². The van der Waals surface area contributed by atoms with Crippen molar-refractivity contribution in [3.05, 3.63) is 35.9 Å². The number of alkyl carbamates (subject to hydrolysis) is 1. The maximum absolute atomic E-state index is 12.6. The first-order valence-electron chi connectivity index (χ1n) is 8.82. The molecule has 1 aliphatic heterocycles. The van der Waals surface area contributed by atoms with Crippen LogP contribution in [0.2, 0.25) is 0 Å². The van der Waals surface area contributed by atoms with Crippen molar-refractivity contribution in [2.45, 2.75) is 39.3 Å². The Morgan fingerprint density at radius 3 is 2.63 bits per heavy atom. The van der Waals surface area contributed by atoms with Crippen molar-refractivity contribution in [2.24, 2.45) is 11.8 Å². The number of carbonyl (C=O) groups excluding carboxylic acids is 4. The van der Waals surface area contributed by atoms with E-state index in [1.807, 2.05) is 49.7 Å². The summed E-state index contributed by atoms with van der Waals surface area (Å²) in [6, 6.07) is 8.37. The average molecular weight is 376 g/mol. The maximum Gasteiger partial charge on any atom is 0.408 e. The molecule has 2 unspecified atom stereocenters. The first-order valence-corrected chi connectivity index (χ1v) is 8.82. The number of rotatable bonds is 8. The minimum atomic E-state index is -0.866. The molecule has 1 saturated heterocycles. The number of benzene rings is 1. The highest BCUT2D eigenvalue weighted by atomic mass is 16.7. The Labute approximate surface area is 157 Å². The summed E-state index contributed by atoms with van der Waals surface area (Å²) in [4.78, 5) is 52.7. The summed E-state index contributed by atoms with van der Waals surface area (Å²) < 4.78 is 5.16. The summed E-state index contributed by atoms with van der Waals surface area (Å²) in [6.07, 6.45) is -0.489. The fourth-order valence-electron chi connectivity index (χ4n) is 2.71. The third kappa shape index (κ3) is 6.49. The van der Waals surface area contributed by atoms with Gasteiger partial charge in [-0.25, -0.2) is 10.3 Å². The number of hydrogen-bond donors (Lipinski definition) is 2. The fourth-order valence-corrected chi connectivity index (χ4v) is 2.71. The molecule has 1 aromatic carbocycles. The SMILES string of the molecule is CC(C)CC(NC(=O)OCc1ccccc1)C(=O)CC1CONC(=O)C1=O. The molecule has 2 atom stereocenters. The molecule has 146 valence electrons. The summed E-state index contributed by atoms with van der Waals surface area (Å²) in [5.41, 5.74) is 2.80. The van der Waals surface area contributed by atoms with Gasteiger partial charge in [0.2, 0.25) is 5.78 Å². The van der Waals surface area contributed by atoms with Gasteiger partial charge in [0.25, 0.3) is 0 Å². The molecular weight excluding hydrogens is 352 g/mol. The number of hydroxylamine groups is 1. The number of carbonyl (C=O) groups is 4. The lowest BCUT2D eigenvalue weighted by Gasteiger charge is -2.23. The van der Waals surface area contributed by atoms with Gasteiger partial charge in [0.15, 0.2) is 5.78 Å². The molecule has 0 aromatic heterocycles. The third-order valence-electron chi connectivity index (χ3n) is 4.09. The van der Waals surface area contributed by atoms with E-state index in [0.29, 0.717) is 6.42 Å². The molecule has 0 radical (unpaired) electrons. The first kappa shape index (κ1) is 20.6. The Balaban J connectivity index is 1.92. The largest absolute Gasteiger partial charge is 0.445 e. The van der Waals surface area contributed by atoms with Gasteiger partial charge < -0.3 is 10.1 Å². The van der Waals surface area contributed by atoms with Gasteiger partial charge in [0, 0.05) is 6.42 Å². The first-order chi connectivity index (χ1) is 12.9. The van der Waals surface area contributed by atoms with E-state index in [9.17, 15) is 19.2 Å². The molecule has 1 fully saturated rings. The van der Waals surface area contributed by atoms with Gasteiger partial charge in [-0.3, -0.25) is 19.2 Å². The van der Waals surface area contributed by atoms with E-state index in [1.165, 1.54) is 0 Å². The predicted octanol–water partition coefficient (Wildman–Crippen LogP) is 1.53. The second kappa shape index (κ2) is 9.82. The van der Waals surface area contributed by atoms with Gasteiger partial charge in [0.05, 0.1) is 18.6 Å². The fraction of sp³-hybridized carbons (Fsp3) is 0.474. The minimum Gasteiger partial charge on any atom is -0.445 e. The number of Topliss-reactive ketones (excluding diaryl/α,β-unsaturated/α-hetero) is 2. The molecule has 0 saturated carbocycles. The van der Waals surface area contributed by atoms with E-state index in [2.05, 4.69) is 5.32 Å². The van der Waals surface area contributed by atoms with Gasteiger partial charge in [-0.2, -0.15) is 0 Å². The Morgan fingerprint density at radius 2 is 1.96 bits per heavy atom. The van der Waals surface area contributed by atoms with Crippen LogP contribution in [0.5, 0.6) is 0 Å². The van der Waals surface area contributed by atoms with Crippen molar-refractivity contribution in [3.8, 4) is 0 Å². The van der Waals surface area contributed by atoms with E-state index in [0.717, 1.165) is 5.56 Å². The number of amides is 2. The number of ether oxygens (including phenoxy) is 1. The van der Waals surface area contributed by atoms with Gasteiger partial charge in [0.1, 0.15) is 6.61 Å². The van der Waals surface area contributed by atoms with E-state index in [4.69, 9.17) is 9.57 Å². The molecule has 2 rings (SSSR count). The summed E-state index contributed by atoms with van der Waals surface area (Å²) in [5, 5.41) is 2.57. The van der Waals surface area contributed by atoms with Crippen molar-refractivity contribution in [1.29, 1.82) is 0 Å². The molecule has 1 heterocycles. The lowest BCUT2D eigenvalue weighted by atomic mass is 9.91. The van der Waals surface area contributed by atoms with Crippen LogP contribution in [0.3, 0.4) is 0 Å². The summed E-state index contributed by atoms with van der Waals surface area (Å²) in [6.45, 7) is 3.85. The highest BCUT2D eigenvalue weighted by Gasteiger charge is 2.34. The van der Waals surface area contributed by atoms with Crippen molar-refractivity contribution in [1.82, 2.24) is 10.8 Å². The molecule has 0 spiro atoms. The Morgan fingerprint density at radius 1 is 1.26 bits per heavy atom. The van der Waals surface area contributed by atoms with Crippen LogP contribution in [0.15, 0.2) is 30.3 Å². The van der Waals surface area contributed by atoms with Crippen LogP contribution < -0.4 is 10.8 Å². The average Bonchev–Trinajstić information content (AvgIpc) is 2.63. The molecule has 2 N–H and O–H groups in total. The van der Waals surface area contributed by atoms with Crippen LogP contribution in [-0.2, 0) is 30.6 Å². The monoisotopic (exact) mass is 376 g/mol. The van der Waals surface area contributed by atoms with Crippen molar-refractivity contribution in [2.75, 3.05) is 6.61 Å². The van der Waals surface area contributed by atoms with Crippen LogP contribution in [0.1, 0.15) is 32.3 Å².